The SMILES string of the molecule is Cc1nc(-c2nnn(C)c2COC(=O)N(C)C2(c3ccccc3)CC2)ccc1O[C@H]1CCC[C@H](C(=O)O)C1. The Morgan fingerprint density at radius 3 is 2.61 bits per heavy atom. The van der Waals surface area contributed by atoms with Gasteiger partial charge in [-0.25, -0.2) is 14.5 Å². The number of carboxylic acids is 1. The second-order valence-electron chi connectivity index (χ2n) is 10.2. The molecule has 0 spiro atoms. The van der Waals surface area contributed by atoms with Crippen LogP contribution in [0.2, 0.25) is 0 Å². The molecule has 1 N–H and O–H groups in total. The van der Waals surface area contributed by atoms with Crippen molar-refractivity contribution < 1.29 is 24.2 Å². The average Bonchev–Trinajstić information content (AvgIpc) is 3.66. The van der Waals surface area contributed by atoms with Crippen molar-refractivity contribution in [2.45, 2.75) is 63.7 Å². The highest BCUT2D eigenvalue weighted by atomic mass is 16.6. The van der Waals surface area contributed by atoms with Crippen molar-refractivity contribution in [1.29, 1.82) is 0 Å². The number of carboxylic acid groups (broad SMARTS) is 1. The second-order valence-corrected chi connectivity index (χ2v) is 10.2. The minimum absolute atomic E-state index is 0.00447. The van der Waals surface area contributed by atoms with Crippen LogP contribution >= 0.6 is 0 Å². The summed E-state index contributed by atoms with van der Waals surface area (Å²) >= 11 is 0. The molecule has 2 aliphatic rings. The van der Waals surface area contributed by atoms with Gasteiger partial charge in [-0.2, -0.15) is 0 Å². The Bertz CT molecular complexity index is 1320. The first-order chi connectivity index (χ1) is 18.3. The Balaban J connectivity index is 1.26. The van der Waals surface area contributed by atoms with Crippen LogP contribution in [0.3, 0.4) is 0 Å². The molecule has 2 atom stereocenters. The van der Waals surface area contributed by atoms with Gasteiger partial charge >= 0.3 is 12.1 Å². The van der Waals surface area contributed by atoms with Crippen LogP contribution in [0.1, 0.15) is 55.5 Å². The number of carbonyl (C=O) groups is 2. The van der Waals surface area contributed by atoms with E-state index in [4.69, 9.17) is 9.47 Å². The van der Waals surface area contributed by atoms with Gasteiger partial charge in [0.05, 0.1) is 28.9 Å². The minimum Gasteiger partial charge on any atom is -0.489 e. The van der Waals surface area contributed by atoms with Crippen molar-refractivity contribution in [2.75, 3.05) is 7.05 Å². The number of aromatic nitrogens is 4. The quantitative estimate of drug-likeness (QED) is 0.463. The zero-order valence-corrected chi connectivity index (χ0v) is 22.0. The van der Waals surface area contributed by atoms with Gasteiger partial charge in [-0.05, 0) is 63.1 Å². The standard InChI is InChI=1S/C28H33N5O5/c1-18-24(38-21-11-7-8-19(16-21)26(34)35)13-12-22(29-18)25-23(33(3)31-30-25)17-37-27(36)32(2)28(14-15-28)20-9-5-4-6-10-20/h4-6,9-10,12-13,19,21H,7-8,11,14-17H2,1-3H3,(H,34,35)/t19-,21-/m0/s1. The summed E-state index contributed by atoms with van der Waals surface area (Å²) in [5, 5.41) is 17.8. The molecule has 1 amide bonds. The molecule has 200 valence electrons. The molecule has 10 nitrogen and oxygen atoms in total. The second kappa shape index (κ2) is 10.4. The van der Waals surface area contributed by atoms with Gasteiger partial charge in [0, 0.05) is 14.1 Å². The van der Waals surface area contributed by atoms with Crippen molar-refractivity contribution in [3.05, 3.63) is 59.4 Å². The first-order valence-corrected chi connectivity index (χ1v) is 13.0. The highest BCUT2D eigenvalue weighted by Crippen LogP contribution is 2.50. The highest BCUT2D eigenvalue weighted by Gasteiger charge is 2.50. The van der Waals surface area contributed by atoms with E-state index in [9.17, 15) is 14.7 Å². The monoisotopic (exact) mass is 519 g/mol. The number of pyridine rings is 1. The van der Waals surface area contributed by atoms with Crippen LogP contribution < -0.4 is 4.74 Å². The summed E-state index contributed by atoms with van der Waals surface area (Å²) in [5.41, 5.74) is 3.22. The van der Waals surface area contributed by atoms with Gasteiger partial charge in [0.25, 0.3) is 0 Å². The molecule has 38 heavy (non-hydrogen) atoms. The summed E-state index contributed by atoms with van der Waals surface area (Å²) < 4.78 is 13.4. The fourth-order valence-electron chi connectivity index (χ4n) is 5.28. The largest absolute Gasteiger partial charge is 0.489 e. The lowest BCUT2D eigenvalue weighted by atomic mass is 9.87. The lowest BCUT2D eigenvalue weighted by Crippen LogP contribution is -2.37. The molecule has 0 aliphatic heterocycles. The van der Waals surface area contributed by atoms with E-state index in [0.29, 0.717) is 41.4 Å². The Labute approximate surface area is 221 Å². The predicted molar refractivity (Wildman–Crippen MR) is 138 cm³/mol. The summed E-state index contributed by atoms with van der Waals surface area (Å²) in [6, 6.07) is 13.6. The molecule has 2 saturated carbocycles. The minimum atomic E-state index is -0.766. The van der Waals surface area contributed by atoms with Crippen LogP contribution in [-0.2, 0) is 28.7 Å². The first kappa shape index (κ1) is 25.7. The van der Waals surface area contributed by atoms with Gasteiger partial charge < -0.3 is 19.5 Å². The zero-order chi connectivity index (χ0) is 26.9. The summed E-state index contributed by atoms with van der Waals surface area (Å²) in [6.45, 7) is 1.85. The fourth-order valence-corrected chi connectivity index (χ4v) is 5.28. The van der Waals surface area contributed by atoms with Crippen LogP contribution in [0.4, 0.5) is 4.79 Å². The summed E-state index contributed by atoms with van der Waals surface area (Å²) in [7, 11) is 3.53. The Hall–Kier alpha value is -3.95. The maximum Gasteiger partial charge on any atom is 0.410 e. The normalized spacial score (nSPS) is 20.0. The summed E-state index contributed by atoms with van der Waals surface area (Å²) in [5.74, 6) is -0.510. The van der Waals surface area contributed by atoms with Crippen LogP contribution in [0.25, 0.3) is 11.4 Å². The van der Waals surface area contributed by atoms with Gasteiger partial charge in [0.1, 0.15) is 23.7 Å². The van der Waals surface area contributed by atoms with E-state index in [1.54, 1.807) is 29.7 Å². The number of rotatable bonds is 8. The molecule has 1 aromatic carbocycles. The molecule has 0 unspecified atom stereocenters. The van der Waals surface area contributed by atoms with E-state index in [1.165, 1.54) is 0 Å². The van der Waals surface area contributed by atoms with Crippen LogP contribution in [0, 0.1) is 12.8 Å². The Morgan fingerprint density at radius 1 is 1.16 bits per heavy atom. The number of benzene rings is 1. The smallest absolute Gasteiger partial charge is 0.410 e. The number of aliphatic carboxylic acids is 1. The van der Waals surface area contributed by atoms with Gasteiger partial charge in [-0.3, -0.25) is 4.79 Å². The van der Waals surface area contributed by atoms with E-state index in [-0.39, 0.29) is 24.2 Å². The van der Waals surface area contributed by atoms with Crippen molar-refractivity contribution in [3.63, 3.8) is 0 Å². The number of hydrogen-bond acceptors (Lipinski definition) is 7. The third-order valence-electron chi connectivity index (χ3n) is 7.77. The van der Waals surface area contributed by atoms with Gasteiger partial charge in [0.2, 0.25) is 0 Å². The highest BCUT2D eigenvalue weighted by molar-refractivity contribution is 5.70. The average molecular weight is 520 g/mol. The molecule has 0 bridgehead atoms. The van der Waals surface area contributed by atoms with Crippen molar-refractivity contribution in [1.82, 2.24) is 24.9 Å². The number of amides is 1. The summed E-state index contributed by atoms with van der Waals surface area (Å²) in [4.78, 5) is 30.7. The van der Waals surface area contributed by atoms with E-state index in [2.05, 4.69) is 15.3 Å². The maximum atomic E-state index is 13.0. The molecule has 2 heterocycles. The molecular weight excluding hydrogens is 486 g/mol. The van der Waals surface area contributed by atoms with E-state index in [1.807, 2.05) is 43.3 Å². The molecule has 5 rings (SSSR count). The Morgan fingerprint density at radius 2 is 1.92 bits per heavy atom. The van der Waals surface area contributed by atoms with Crippen molar-refractivity contribution in [3.8, 4) is 17.1 Å². The van der Waals surface area contributed by atoms with Gasteiger partial charge in [-0.15, -0.1) is 5.10 Å². The number of aryl methyl sites for hydroxylation is 2. The molecule has 2 aromatic heterocycles. The number of nitrogens with zero attached hydrogens (tertiary/aromatic N) is 5. The number of hydrogen-bond donors (Lipinski definition) is 1. The summed E-state index contributed by atoms with van der Waals surface area (Å²) in [6.07, 6.45) is 4.08. The lowest BCUT2D eigenvalue weighted by Gasteiger charge is -2.28. The number of carbonyl (C=O) groups excluding carboxylic acids is 1. The molecule has 0 saturated heterocycles. The maximum absolute atomic E-state index is 13.0. The molecule has 3 aromatic rings. The van der Waals surface area contributed by atoms with Crippen LogP contribution in [0.5, 0.6) is 5.75 Å². The fraction of sp³-hybridized carbons (Fsp3) is 0.464. The molecule has 2 aliphatic carbocycles. The van der Waals surface area contributed by atoms with Crippen molar-refractivity contribution in [2.24, 2.45) is 13.0 Å². The van der Waals surface area contributed by atoms with Gasteiger partial charge in [0.15, 0.2) is 0 Å². The van der Waals surface area contributed by atoms with E-state index < -0.39 is 12.1 Å². The van der Waals surface area contributed by atoms with Crippen LogP contribution in [0.15, 0.2) is 42.5 Å². The van der Waals surface area contributed by atoms with E-state index in [0.717, 1.165) is 31.2 Å². The topological polar surface area (TPSA) is 120 Å². The predicted octanol–water partition coefficient (Wildman–Crippen LogP) is 4.47. The lowest BCUT2D eigenvalue weighted by molar-refractivity contribution is -0.143. The van der Waals surface area contributed by atoms with Crippen molar-refractivity contribution >= 4 is 12.1 Å². The van der Waals surface area contributed by atoms with Crippen LogP contribution in [-0.4, -0.2) is 55.2 Å². The number of ether oxygens (including phenoxy) is 2. The molecule has 10 heteroatoms. The third-order valence-corrected chi connectivity index (χ3v) is 7.77. The zero-order valence-electron chi connectivity index (χ0n) is 22.0. The molecule has 2 fully saturated rings. The Kier molecular flexibility index (Phi) is 7.05. The molecule has 0 radical (unpaired) electrons. The first-order valence-electron chi connectivity index (χ1n) is 13.0. The van der Waals surface area contributed by atoms with Gasteiger partial charge in [-0.1, -0.05) is 35.5 Å². The van der Waals surface area contributed by atoms with E-state index >= 15 is 0 Å². The third kappa shape index (κ3) is 5.07. The molecular formula is C28H33N5O5.